The highest BCUT2D eigenvalue weighted by molar-refractivity contribution is 6.30. The fourth-order valence-corrected chi connectivity index (χ4v) is 2.28. The third-order valence-electron chi connectivity index (χ3n) is 3.28. The van der Waals surface area contributed by atoms with Gasteiger partial charge in [-0.15, -0.1) is 0 Å². The Kier molecular flexibility index (Phi) is 4.86. The normalized spacial score (nSPS) is 10.6. The first-order valence-electron chi connectivity index (χ1n) is 7.24. The van der Waals surface area contributed by atoms with Crippen molar-refractivity contribution >= 4 is 17.5 Å². The Hall–Kier alpha value is -2.73. The SMILES string of the molecule is O=C(NCCc1nc(-c2ccc(F)cc2)no1)c1cccc(Cl)c1. The van der Waals surface area contributed by atoms with Crippen molar-refractivity contribution in [2.75, 3.05) is 6.54 Å². The molecule has 2 aromatic carbocycles. The minimum atomic E-state index is -0.328. The number of benzene rings is 2. The van der Waals surface area contributed by atoms with Gasteiger partial charge in [-0.2, -0.15) is 4.98 Å². The van der Waals surface area contributed by atoms with Gasteiger partial charge in [0.25, 0.3) is 5.91 Å². The summed E-state index contributed by atoms with van der Waals surface area (Å²) in [5.41, 5.74) is 1.15. The molecule has 0 fully saturated rings. The number of carbonyl (C=O) groups excluding carboxylic acids is 1. The Bertz CT molecular complexity index is 849. The molecule has 0 atom stereocenters. The molecule has 3 rings (SSSR count). The second kappa shape index (κ2) is 7.23. The molecular formula is C17H13ClFN3O2. The molecule has 0 aliphatic rings. The quantitative estimate of drug-likeness (QED) is 0.768. The average molecular weight is 346 g/mol. The Morgan fingerprint density at radius 3 is 2.75 bits per heavy atom. The molecular weight excluding hydrogens is 333 g/mol. The molecule has 1 aromatic heterocycles. The standard InChI is InChI=1S/C17H13ClFN3O2/c18-13-3-1-2-12(10-13)17(23)20-9-8-15-21-16(22-24-15)11-4-6-14(19)7-5-11/h1-7,10H,8-9H2,(H,20,23). The zero-order chi connectivity index (χ0) is 16.9. The second-order valence-electron chi connectivity index (χ2n) is 5.03. The van der Waals surface area contributed by atoms with Crippen LogP contribution in [0.4, 0.5) is 4.39 Å². The molecule has 7 heteroatoms. The molecule has 0 radical (unpaired) electrons. The number of carbonyl (C=O) groups is 1. The van der Waals surface area contributed by atoms with Gasteiger partial charge in [0.2, 0.25) is 11.7 Å². The molecule has 0 aliphatic carbocycles. The van der Waals surface area contributed by atoms with Crippen molar-refractivity contribution in [3.8, 4) is 11.4 Å². The predicted octanol–water partition coefficient (Wildman–Crippen LogP) is 3.50. The van der Waals surface area contributed by atoms with Crippen LogP contribution >= 0.6 is 11.6 Å². The van der Waals surface area contributed by atoms with Crippen LogP contribution in [0.1, 0.15) is 16.2 Å². The van der Waals surface area contributed by atoms with Gasteiger partial charge in [-0.3, -0.25) is 4.79 Å². The summed E-state index contributed by atoms with van der Waals surface area (Å²) in [6.07, 6.45) is 0.389. The summed E-state index contributed by atoms with van der Waals surface area (Å²) in [4.78, 5) is 16.2. The molecule has 0 spiro atoms. The van der Waals surface area contributed by atoms with Crippen LogP contribution in [0.5, 0.6) is 0 Å². The van der Waals surface area contributed by atoms with E-state index in [1.54, 1.807) is 36.4 Å². The molecule has 0 saturated heterocycles. The molecule has 24 heavy (non-hydrogen) atoms. The summed E-state index contributed by atoms with van der Waals surface area (Å²) in [6, 6.07) is 12.5. The van der Waals surface area contributed by atoms with E-state index in [-0.39, 0.29) is 11.7 Å². The van der Waals surface area contributed by atoms with Crippen molar-refractivity contribution in [3.05, 3.63) is 70.8 Å². The van der Waals surface area contributed by atoms with Crippen molar-refractivity contribution in [3.63, 3.8) is 0 Å². The van der Waals surface area contributed by atoms with Crippen LogP contribution in [0.2, 0.25) is 5.02 Å². The molecule has 0 bridgehead atoms. The largest absolute Gasteiger partial charge is 0.352 e. The van der Waals surface area contributed by atoms with Gasteiger partial charge in [0.05, 0.1) is 0 Å². The van der Waals surface area contributed by atoms with Crippen LogP contribution in [0, 0.1) is 5.82 Å². The van der Waals surface area contributed by atoms with Crippen molar-refractivity contribution in [2.24, 2.45) is 0 Å². The minimum Gasteiger partial charge on any atom is -0.352 e. The minimum absolute atomic E-state index is 0.226. The number of hydrogen-bond donors (Lipinski definition) is 1. The molecule has 5 nitrogen and oxygen atoms in total. The molecule has 0 unspecified atom stereocenters. The summed E-state index contributed by atoms with van der Waals surface area (Å²) in [7, 11) is 0. The number of nitrogens with one attached hydrogen (secondary N) is 1. The molecule has 122 valence electrons. The summed E-state index contributed by atoms with van der Waals surface area (Å²) in [6.45, 7) is 0.344. The molecule has 1 N–H and O–H groups in total. The van der Waals surface area contributed by atoms with Crippen molar-refractivity contribution in [1.82, 2.24) is 15.5 Å². The highest BCUT2D eigenvalue weighted by Gasteiger charge is 2.10. The highest BCUT2D eigenvalue weighted by Crippen LogP contribution is 2.16. The Morgan fingerprint density at radius 1 is 1.21 bits per heavy atom. The fraction of sp³-hybridized carbons (Fsp3) is 0.118. The molecule has 0 saturated carbocycles. The first kappa shape index (κ1) is 16.1. The van der Waals surface area contributed by atoms with Crippen LogP contribution in [0.25, 0.3) is 11.4 Å². The van der Waals surface area contributed by atoms with E-state index in [1.165, 1.54) is 12.1 Å². The maximum atomic E-state index is 12.9. The third kappa shape index (κ3) is 3.97. The van der Waals surface area contributed by atoms with Crippen molar-refractivity contribution in [1.29, 1.82) is 0 Å². The molecule has 0 aliphatic heterocycles. The van der Waals surface area contributed by atoms with E-state index in [4.69, 9.17) is 16.1 Å². The predicted molar refractivity (Wildman–Crippen MR) is 87.2 cm³/mol. The molecule has 1 amide bonds. The number of aromatic nitrogens is 2. The van der Waals surface area contributed by atoms with Gasteiger partial charge in [-0.25, -0.2) is 4.39 Å². The van der Waals surface area contributed by atoms with Crippen molar-refractivity contribution < 1.29 is 13.7 Å². The zero-order valence-electron chi connectivity index (χ0n) is 12.5. The van der Waals surface area contributed by atoms with E-state index in [0.29, 0.717) is 40.8 Å². The van der Waals surface area contributed by atoms with Crippen molar-refractivity contribution in [2.45, 2.75) is 6.42 Å². The Balaban J connectivity index is 1.56. The molecule has 3 aromatic rings. The highest BCUT2D eigenvalue weighted by atomic mass is 35.5. The van der Waals surface area contributed by atoms with Gasteiger partial charge >= 0.3 is 0 Å². The van der Waals surface area contributed by atoms with E-state index < -0.39 is 0 Å². The number of halogens is 2. The number of amides is 1. The third-order valence-corrected chi connectivity index (χ3v) is 3.52. The van der Waals surface area contributed by atoms with E-state index in [9.17, 15) is 9.18 Å². The smallest absolute Gasteiger partial charge is 0.251 e. The zero-order valence-corrected chi connectivity index (χ0v) is 13.3. The van der Waals surface area contributed by atoms with Crippen LogP contribution in [0.3, 0.4) is 0 Å². The topological polar surface area (TPSA) is 68.0 Å². The fourth-order valence-electron chi connectivity index (χ4n) is 2.09. The monoisotopic (exact) mass is 345 g/mol. The van der Waals surface area contributed by atoms with Crippen LogP contribution in [-0.2, 0) is 6.42 Å². The first-order valence-corrected chi connectivity index (χ1v) is 7.62. The lowest BCUT2D eigenvalue weighted by Gasteiger charge is -2.03. The number of rotatable bonds is 5. The van der Waals surface area contributed by atoms with Gasteiger partial charge < -0.3 is 9.84 Å². The maximum Gasteiger partial charge on any atom is 0.251 e. The van der Waals surface area contributed by atoms with E-state index in [0.717, 1.165) is 0 Å². The molecule has 1 heterocycles. The maximum absolute atomic E-state index is 12.9. The number of hydrogen-bond acceptors (Lipinski definition) is 4. The Morgan fingerprint density at radius 2 is 2.00 bits per heavy atom. The van der Waals surface area contributed by atoms with Gasteiger partial charge in [0, 0.05) is 29.1 Å². The van der Waals surface area contributed by atoms with Crippen LogP contribution in [0.15, 0.2) is 53.1 Å². The second-order valence-corrected chi connectivity index (χ2v) is 5.47. The number of nitrogens with zero attached hydrogens (tertiary/aromatic N) is 2. The van der Waals surface area contributed by atoms with E-state index >= 15 is 0 Å². The first-order chi connectivity index (χ1) is 11.6. The van der Waals surface area contributed by atoms with Crippen LogP contribution in [-0.4, -0.2) is 22.6 Å². The van der Waals surface area contributed by atoms with Gasteiger partial charge in [0.15, 0.2) is 0 Å². The Labute approximate surface area is 142 Å². The van der Waals surface area contributed by atoms with Gasteiger partial charge in [0.1, 0.15) is 5.82 Å². The van der Waals surface area contributed by atoms with E-state index in [2.05, 4.69) is 15.5 Å². The van der Waals surface area contributed by atoms with Gasteiger partial charge in [-0.05, 0) is 42.5 Å². The van der Waals surface area contributed by atoms with Gasteiger partial charge in [-0.1, -0.05) is 22.8 Å². The average Bonchev–Trinajstić information content (AvgIpc) is 3.04. The van der Waals surface area contributed by atoms with E-state index in [1.807, 2.05) is 0 Å². The summed E-state index contributed by atoms with van der Waals surface area (Å²) < 4.78 is 18.0. The summed E-state index contributed by atoms with van der Waals surface area (Å²) >= 11 is 5.85. The lowest BCUT2D eigenvalue weighted by Crippen LogP contribution is -2.25. The lowest BCUT2D eigenvalue weighted by molar-refractivity contribution is 0.0953. The summed E-state index contributed by atoms with van der Waals surface area (Å²) in [5.74, 6) is 0.217. The summed E-state index contributed by atoms with van der Waals surface area (Å²) in [5, 5.41) is 7.10. The van der Waals surface area contributed by atoms with Crippen LogP contribution < -0.4 is 5.32 Å². The lowest BCUT2D eigenvalue weighted by atomic mass is 10.2.